The third-order valence-corrected chi connectivity index (χ3v) is 6.13. The van der Waals surface area contributed by atoms with E-state index in [2.05, 4.69) is 31.8 Å². The van der Waals surface area contributed by atoms with E-state index in [1.807, 2.05) is 6.07 Å². The van der Waals surface area contributed by atoms with Crippen molar-refractivity contribution in [2.45, 2.75) is 58.5 Å². The van der Waals surface area contributed by atoms with Crippen molar-refractivity contribution in [2.75, 3.05) is 6.61 Å². The Bertz CT molecular complexity index is 1020. The Morgan fingerprint density at radius 1 is 1.11 bits per heavy atom. The van der Waals surface area contributed by atoms with Gasteiger partial charge in [0.2, 0.25) is 0 Å². The molecule has 4 heteroatoms. The summed E-state index contributed by atoms with van der Waals surface area (Å²) in [5, 5.41) is 1.14. The summed E-state index contributed by atoms with van der Waals surface area (Å²) < 4.78 is 34.1. The van der Waals surface area contributed by atoms with Crippen LogP contribution in [0, 0.1) is 11.6 Å². The maximum atomic E-state index is 14.4. The van der Waals surface area contributed by atoms with Gasteiger partial charge in [0.25, 0.3) is 0 Å². The number of hydrogen-bond donors (Lipinski definition) is 1. The van der Waals surface area contributed by atoms with E-state index in [0.717, 1.165) is 60.2 Å². The van der Waals surface area contributed by atoms with Crippen LogP contribution in [-0.4, -0.2) is 11.6 Å². The van der Waals surface area contributed by atoms with Crippen LogP contribution in [0.25, 0.3) is 22.0 Å². The van der Waals surface area contributed by atoms with Gasteiger partial charge >= 0.3 is 0 Å². The summed E-state index contributed by atoms with van der Waals surface area (Å²) in [6, 6.07) is 7.88. The number of aryl methyl sites for hydroxylation is 1. The molecule has 2 heterocycles. The summed E-state index contributed by atoms with van der Waals surface area (Å²) in [6.45, 7) is 7.17. The van der Waals surface area contributed by atoms with Crippen LogP contribution in [0.15, 0.2) is 30.3 Å². The highest BCUT2D eigenvalue weighted by Gasteiger charge is 2.38. The number of ether oxygens (including phenoxy) is 1. The van der Waals surface area contributed by atoms with Gasteiger partial charge in [0.05, 0.1) is 12.3 Å². The molecule has 0 saturated heterocycles. The molecule has 0 spiro atoms. The quantitative estimate of drug-likeness (QED) is 0.524. The number of H-pyrrole nitrogens is 1. The number of hydrogen-bond acceptors (Lipinski definition) is 1. The number of rotatable bonds is 5. The van der Waals surface area contributed by atoms with Crippen molar-refractivity contribution in [3.8, 4) is 11.1 Å². The highest BCUT2D eigenvalue weighted by Crippen LogP contribution is 2.43. The highest BCUT2D eigenvalue weighted by atomic mass is 19.1. The first-order valence-corrected chi connectivity index (χ1v) is 10.3. The minimum absolute atomic E-state index is 0.270. The Balaban J connectivity index is 1.96. The molecule has 1 N–H and O–H groups in total. The summed E-state index contributed by atoms with van der Waals surface area (Å²) in [7, 11) is 0. The molecule has 2 aromatic carbocycles. The van der Waals surface area contributed by atoms with E-state index < -0.39 is 11.6 Å². The summed E-state index contributed by atoms with van der Waals surface area (Å²) in [4.78, 5) is 3.69. The van der Waals surface area contributed by atoms with Crippen LogP contribution in [0.5, 0.6) is 0 Å². The van der Waals surface area contributed by atoms with Gasteiger partial charge in [-0.1, -0.05) is 27.2 Å². The summed E-state index contributed by atoms with van der Waals surface area (Å²) in [5.74, 6) is -1.08. The average Bonchev–Trinajstić information content (AvgIpc) is 3.07. The van der Waals surface area contributed by atoms with Gasteiger partial charge < -0.3 is 9.72 Å². The lowest BCUT2D eigenvalue weighted by Gasteiger charge is -2.36. The van der Waals surface area contributed by atoms with Crippen molar-refractivity contribution in [3.63, 3.8) is 0 Å². The minimum atomic E-state index is -0.554. The molecule has 148 valence electrons. The fraction of sp³-hybridized carbons (Fsp3) is 0.417. The molecule has 1 aliphatic heterocycles. The molecule has 1 unspecified atom stereocenters. The first-order valence-electron chi connectivity index (χ1n) is 10.3. The number of benzene rings is 2. The Labute approximate surface area is 164 Å². The second-order valence-electron chi connectivity index (χ2n) is 7.71. The van der Waals surface area contributed by atoms with Crippen molar-refractivity contribution >= 4 is 10.9 Å². The molecule has 1 atom stereocenters. The van der Waals surface area contributed by atoms with Crippen LogP contribution in [0.2, 0.25) is 0 Å². The molecule has 2 nitrogen and oxygen atoms in total. The van der Waals surface area contributed by atoms with Gasteiger partial charge in [-0.3, -0.25) is 0 Å². The molecule has 3 aromatic rings. The zero-order valence-corrected chi connectivity index (χ0v) is 16.8. The maximum absolute atomic E-state index is 14.4. The lowest BCUT2D eigenvalue weighted by Crippen LogP contribution is -2.35. The van der Waals surface area contributed by atoms with Gasteiger partial charge in [0, 0.05) is 22.5 Å². The Morgan fingerprint density at radius 2 is 1.93 bits per heavy atom. The lowest BCUT2D eigenvalue weighted by molar-refractivity contribution is -0.0723. The van der Waals surface area contributed by atoms with Crippen LogP contribution >= 0.6 is 0 Å². The fourth-order valence-electron chi connectivity index (χ4n) is 4.71. The smallest absolute Gasteiger partial charge is 0.133 e. The van der Waals surface area contributed by atoms with Crippen LogP contribution in [0.3, 0.4) is 0 Å². The molecular formula is C24H27F2NO. The van der Waals surface area contributed by atoms with E-state index in [1.165, 1.54) is 23.4 Å². The monoisotopic (exact) mass is 383 g/mol. The van der Waals surface area contributed by atoms with E-state index in [9.17, 15) is 8.78 Å². The number of fused-ring (bicyclic) bond motifs is 3. The lowest BCUT2D eigenvalue weighted by atomic mass is 9.85. The van der Waals surface area contributed by atoms with Crippen LogP contribution in [0.1, 0.15) is 56.9 Å². The molecule has 0 amide bonds. The van der Waals surface area contributed by atoms with Crippen molar-refractivity contribution < 1.29 is 13.5 Å². The van der Waals surface area contributed by atoms with Crippen LogP contribution in [-0.2, 0) is 23.2 Å². The first kappa shape index (κ1) is 19.1. The van der Waals surface area contributed by atoms with Gasteiger partial charge in [-0.15, -0.1) is 0 Å². The molecule has 0 radical (unpaired) electrons. The van der Waals surface area contributed by atoms with Crippen molar-refractivity contribution in [3.05, 3.63) is 58.8 Å². The highest BCUT2D eigenvalue weighted by molar-refractivity contribution is 5.92. The van der Waals surface area contributed by atoms with E-state index in [0.29, 0.717) is 12.2 Å². The fourth-order valence-corrected chi connectivity index (χ4v) is 4.71. The molecule has 0 saturated carbocycles. The predicted octanol–water partition coefficient (Wildman–Crippen LogP) is 6.65. The Morgan fingerprint density at radius 3 is 2.61 bits per heavy atom. The summed E-state index contributed by atoms with van der Waals surface area (Å²) >= 11 is 0. The SMILES string of the molecule is CCCC1(CC)OCCc2c1[nH]c1c(CC)cc(-c3ccc(F)cc3F)cc21. The van der Waals surface area contributed by atoms with Gasteiger partial charge in [-0.25, -0.2) is 8.78 Å². The Kier molecular flexibility index (Phi) is 5.00. The van der Waals surface area contributed by atoms with Gasteiger partial charge in [0.15, 0.2) is 0 Å². The molecule has 0 bridgehead atoms. The molecule has 4 rings (SSSR count). The van der Waals surface area contributed by atoms with E-state index in [4.69, 9.17) is 4.74 Å². The predicted molar refractivity (Wildman–Crippen MR) is 110 cm³/mol. The normalized spacial score (nSPS) is 19.2. The first-order chi connectivity index (χ1) is 13.5. The van der Waals surface area contributed by atoms with E-state index in [1.54, 1.807) is 0 Å². The summed E-state index contributed by atoms with van der Waals surface area (Å²) in [5.41, 5.74) is 5.71. The third-order valence-electron chi connectivity index (χ3n) is 6.13. The zero-order chi connectivity index (χ0) is 19.9. The number of nitrogens with one attached hydrogen (secondary N) is 1. The number of aromatic nitrogens is 1. The van der Waals surface area contributed by atoms with Gasteiger partial charge in [-0.05, 0) is 66.6 Å². The molecule has 0 aliphatic carbocycles. The van der Waals surface area contributed by atoms with Gasteiger partial charge in [-0.2, -0.15) is 0 Å². The second kappa shape index (κ2) is 7.32. The average molecular weight is 383 g/mol. The standard InChI is InChI=1S/C24H27F2NO/c1-4-10-24(6-3)23-19(9-11-28-24)20-13-16(12-15(5-2)22(20)27-23)18-8-7-17(25)14-21(18)26/h7-8,12-14,27H,4-6,9-11H2,1-3H3. The largest absolute Gasteiger partial charge is 0.368 e. The van der Waals surface area contributed by atoms with Crippen molar-refractivity contribution in [1.82, 2.24) is 4.98 Å². The number of aromatic amines is 1. The minimum Gasteiger partial charge on any atom is -0.368 e. The maximum Gasteiger partial charge on any atom is 0.133 e. The molecular weight excluding hydrogens is 356 g/mol. The third kappa shape index (κ3) is 2.95. The van der Waals surface area contributed by atoms with Crippen LogP contribution < -0.4 is 0 Å². The summed E-state index contributed by atoms with van der Waals surface area (Å²) in [6.07, 6.45) is 4.63. The van der Waals surface area contributed by atoms with Crippen LogP contribution in [0.4, 0.5) is 8.78 Å². The molecule has 0 fully saturated rings. The van der Waals surface area contributed by atoms with Gasteiger partial charge in [0.1, 0.15) is 17.2 Å². The molecule has 1 aromatic heterocycles. The van der Waals surface area contributed by atoms with Crippen molar-refractivity contribution in [2.24, 2.45) is 0 Å². The number of halogens is 2. The second-order valence-corrected chi connectivity index (χ2v) is 7.71. The zero-order valence-electron chi connectivity index (χ0n) is 16.8. The van der Waals surface area contributed by atoms with E-state index >= 15 is 0 Å². The van der Waals surface area contributed by atoms with E-state index in [-0.39, 0.29) is 5.60 Å². The van der Waals surface area contributed by atoms with Crippen molar-refractivity contribution in [1.29, 1.82) is 0 Å². The topological polar surface area (TPSA) is 25.0 Å². The Hall–Kier alpha value is -2.20. The molecule has 1 aliphatic rings. The molecule has 28 heavy (non-hydrogen) atoms.